The van der Waals surface area contributed by atoms with Crippen molar-refractivity contribution in [1.29, 1.82) is 0 Å². The van der Waals surface area contributed by atoms with E-state index in [0.717, 1.165) is 29.8 Å². The van der Waals surface area contributed by atoms with Crippen LogP contribution in [0.15, 0.2) is 36.5 Å². The number of nitrogens with zero attached hydrogens (tertiary/aromatic N) is 1. The maximum atomic E-state index is 12.0. The number of anilines is 2. The Morgan fingerprint density at radius 2 is 2.09 bits per heavy atom. The highest BCUT2D eigenvalue weighted by Gasteiger charge is 2.08. The minimum absolute atomic E-state index is 0.148. The SMILES string of the molecule is CCCCNC(=O)c1cc(Nc2ccc(Cl)cc2C)ccn1. The molecule has 2 aromatic rings. The van der Waals surface area contributed by atoms with Crippen molar-refractivity contribution in [3.63, 3.8) is 0 Å². The second-order valence-electron chi connectivity index (χ2n) is 5.12. The Morgan fingerprint density at radius 1 is 1.27 bits per heavy atom. The molecule has 0 saturated carbocycles. The fourth-order valence-electron chi connectivity index (χ4n) is 2.02. The lowest BCUT2D eigenvalue weighted by molar-refractivity contribution is 0.0948. The van der Waals surface area contributed by atoms with E-state index in [1.54, 1.807) is 12.3 Å². The van der Waals surface area contributed by atoms with Gasteiger partial charge in [-0.1, -0.05) is 24.9 Å². The average Bonchev–Trinajstić information content (AvgIpc) is 2.50. The van der Waals surface area contributed by atoms with E-state index in [9.17, 15) is 4.79 Å². The molecular weight excluding hydrogens is 298 g/mol. The van der Waals surface area contributed by atoms with E-state index in [1.165, 1.54) is 0 Å². The van der Waals surface area contributed by atoms with E-state index in [2.05, 4.69) is 22.5 Å². The van der Waals surface area contributed by atoms with E-state index in [0.29, 0.717) is 17.3 Å². The lowest BCUT2D eigenvalue weighted by Gasteiger charge is -2.11. The van der Waals surface area contributed by atoms with Gasteiger partial charge in [-0.25, -0.2) is 0 Å². The predicted molar refractivity (Wildman–Crippen MR) is 90.9 cm³/mol. The number of rotatable bonds is 6. The molecule has 4 nitrogen and oxygen atoms in total. The maximum Gasteiger partial charge on any atom is 0.269 e. The quantitative estimate of drug-likeness (QED) is 0.780. The van der Waals surface area contributed by atoms with E-state index < -0.39 is 0 Å². The molecule has 0 unspecified atom stereocenters. The van der Waals surface area contributed by atoms with Crippen LogP contribution in [-0.2, 0) is 0 Å². The standard InChI is InChI=1S/C17H20ClN3O/c1-3-4-8-20-17(22)16-11-14(7-9-19-16)21-15-6-5-13(18)10-12(15)2/h5-7,9-11H,3-4,8H2,1-2H3,(H,19,21)(H,20,22). The molecule has 0 fully saturated rings. The molecule has 0 radical (unpaired) electrons. The summed E-state index contributed by atoms with van der Waals surface area (Å²) in [5, 5.41) is 6.85. The summed E-state index contributed by atoms with van der Waals surface area (Å²) in [5.74, 6) is -0.148. The smallest absolute Gasteiger partial charge is 0.269 e. The Morgan fingerprint density at radius 3 is 2.82 bits per heavy atom. The molecule has 0 bridgehead atoms. The van der Waals surface area contributed by atoms with Gasteiger partial charge in [0.15, 0.2) is 0 Å². The Hall–Kier alpha value is -2.07. The van der Waals surface area contributed by atoms with Crippen LogP contribution < -0.4 is 10.6 Å². The molecule has 1 aromatic heterocycles. The number of benzene rings is 1. The van der Waals surface area contributed by atoms with Gasteiger partial charge in [0.25, 0.3) is 5.91 Å². The molecule has 2 N–H and O–H groups in total. The Labute approximate surface area is 135 Å². The molecule has 1 heterocycles. The van der Waals surface area contributed by atoms with Crippen molar-refractivity contribution in [2.75, 3.05) is 11.9 Å². The highest BCUT2D eigenvalue weighted by molar-refractivity contribution is 6.30. The summed E-state index contributed by atoms with van der Waals surface area (Å²) in [6, 6.07) is 9.21. The summed E-state index contributed by atoms with van der Waals surface area (Å²) < 4.78 is 0. The van der Waals surface area contributed by atoms with Crippen LogP contribution in [0, 0.1) is 6.92 Å². The molecule has 1 aromatic carbocycles. The fraction of sp³-hybridized carbons (Fsp3) is 0.294. The number of unbranched alkanes of at least 4 members (excludes halogenated alkanes) is 1. The normalized spacial score (nSPS) is 10.3. The first-order valence-corrected chi connectivity index (χ1v) is 7.75. The van der Waals surface area contributed by atoms with Gasteiger partial charge < -0.3 is 10.6 Å². The molecule has 2 rings (SSSR count). The van der Waals surface area contributed by atoms with Crippen molar-refractivity contribution in [2.24, 2.45) is 0 Å². The largest absolute Gasteiger partial charge is 0.355 e. The van der Waals surface area contributed by atoms with E-state index in [1.807, 2.05) is 31.2 Å². The number of nitrogens with one attached hydrogen (secondary N) is 2. The van der Waals surface area contributed by atoms with Gasteiger partial charge in [0, 0.05) is 29.1 Å². The summed E-state index contributed by atoms with van der Waals surface area (Å²) in [4.78, 5) is 16.1. The van der Waals surface area contributed by atoms with Crippen LogP contribution in [0.25, 0.3) is 0 Å². The Kier molecular flexibility index (Phi) is 5.78. The molecule has 0 aliphatic rings. The van der Waals surface area contributed by atoms with Crippen molar-refractivity contribution in [1.82, 2.24) is 10.3 Å². The number of pyridine rings is 1. The first-order chi connectivity index (χ1) is 10.6. The van der Waals surface area contributed by atoms with E-state index >= 15 is 0 Å². The van der Waals surface area contributed by atoms with Gasteiger partial charge in [-0.05, 0) is 49.2 Å². The second kappa shape index (κ2) is 7.80. The number of hydrogen-bond acceptors (Lipinski definition) is 3. The van der Waals surface area contributed by atoms with Crippen molar-refractivity contribution in [3.8, 4) is 0 Å². The number of halogens is 1. The molecule has 0 atom stereocenters. The van der Waals surface area contributed by atoms with Crippen molar-refractivity contribution >= 4 is 28.9 Å². The van der Waals surface area contributed by atoms with Crippen molar-refractivity contribution < 1.29 is 4.79 Å². The highest BCUT2D eigenvalue weighted by atomic mass is 35.5. The molecule has 0 aliphatic heterocycles. The Balaban J connectivity index is 2.09. The van der Waals surface area contributed by atoms with Gasteiger partial charge in [-0.3, -0.25) is 9.78 Å². The van der Waals surface area contributed by atoms with Crippen LogP contribution in [0.4, 0.5) is 11.4 Å². The molecule has 0 spiro atoms. The first-order valence-electron chi connectivity index (χ1n) is 7.37. The third-order valence-corrected chi connectivity index (χ3v) is 3.51. The number of carbonyl (C=O) groups is 1. The van der Waals surface area contributed by atoms with Crippen molar-refractivity contribution in [2.45, 2.75) is 26.7 Å². The zero-order valence-electron chi connectivity index (χ0n) is 12.8. The summed E-state index contributed by atoms with van der Waals surface area (Å²) >= 11 is 5.96. The first kappa shape index (κ1) is 16.3. The number of aryl methyl sites for hydroxylation is 1. The minimum Gasteiger partial charge on any atom is -0.355 e. The predicted octanol–water partition coefficient (Wildman–Crippen LogP) is 4.32. The third-order valence-electron chi connectivity index (χ3n) is 3.28. The Bertz CT molecular complexity index is 658. The topological polar surface area (TPSA) is 54.0 Å². The monoisotopic (exact) mass is 317 g/mol. The molecule has 5 heteroatoms. The molecular formula is C17H20ClN3O. The number of carbonyl (C=O) groups excluding carboxylic acids is 1. The molecule has 22 heavy (non-hydrogen) atoms. The number of hydrogen-bond donors (Lipinski definition) is 2. The van der Waals surface area contributed by atoms with Crippen LogP contribution >= 0.6 is 11.6 Å². The van der Waals surface area contributed by atoms with Crippen LogP contribution in [0.3, 0.4) is 0 Å². The maximum absolute atomic E-state index is 12.0. The fourth-order valence-corrected chi connectivity index (χ4v) is 2.25. The lowest BCUT2D eigenvalue weighted by atomic mass is 10.2. The number of aromatic nitrogens is 1. The van der Waals surface area contributed by atoms with Crippen LogP contribution in [0.1, 0.15) is 35.8 Å². The zero-order chi connectivity index (χ0) is 15.9. The van der Waals surface area contributed by atoms with Gasteiger partial charge in [0.05, 0.1) is 0 Å². The van der Waals surface area contributed by atoms with E-state index in [4.69, 9.17) is 11.6 Å². The van der Waals surface area contributed by atoms with E-state index in [-0.39, 0.29) is 5.91 Å². The van der Waals surface area contributed by atoms with Crippen molar-refractivity contribution in [3.05, 3.63) is 52.8 Å². The van der Waals surface area contributed by atoms with Crippen LogP contribution in [0.5, 0.6) is 0 Å². The summed E-state index contributed by atoms with van der Waals surface area (Å²) in [7, 11) is 0. The molecule has 0 saturated heterocycles. The van der Waals surface area contributed by atoms with Gasteiger partial charge in [0.2, 0.25) is 0 Å². The summed E-state index contributed by atoms with van der Waals surface area (Å²) in [6.07, 6.45) is 3.64. The van der Waals surface area contributed by atoms with Crippen LogP contribution in [0.2, 0.25) is 5.02 Å². The second-order valence-corrected chi connectivity index (χ2v) is 5.56. The minimum atomic E-state index is -0.148. The number of amides is 1. The highest BCUT2D eigenvalue weighted by Crippen LogP contribution is 2.23. The molecule has 1 amide bonds. The van der Waals surface area contributed by atoms with Gasteiger partial charge >= 0.3 is 0 Å². The summed E-state index contributed by atoms with van der Waals surface area (Å²) in [6.45, 7) is 4.74. The van der Waals surface area contributed by atoms with Gasteiger partial charge in [-0.15, -0.1) is 0 Å². The van der Waals surface area contributed by atoms with Crippen LogP contribution in [-0.4, -0.2) is 17.4 Å². The summed E-state index contributed by atoms with van der Waals surface area (Å²) in [5.41, 5.74) is 3.22. The third kappa shape index (κ3) is 4.46. The lowest BCUT2D eigenvalue weighted by Crippen LogP contribution is -2.25. The molecule has 116 valence electrons. The molecule has 0 aliphatic carbocycles. The average molecular weight is 318 g/mol. The van der Waals surface area contributed by atoms with Gasteiger partial charge in [-0.2, -0.15) is 0 Å². The van der Waals surface area contributed by atoms with Gasteiger partial charge in [0.1, 0.15) is 5.69 Å². The zero-order valence-corrected chi connectivity index (χ0v) is 13.6.